The van der Waals surface area contributed by atoms with Gasteiger partial charge in [-0.05, 0) is 43.7 Å². The van der Waals surface area contributed by atoms with Crippen molar-refractivity contribution in [3.8, 4) is 0 Å². The van der Waals surface area contributed by atoms with Gasteiger partial charge in [0.1, 0.15) is 5.56 Å². The number of hydrogen-bond acceptors (Lipinski definition) is 4. The number of nitrogens with zero attached hydrogens (tertiary/aromatic N) is 1. The minimum Gasteiger partial charge on any atom is -0.393 e. The molecule has 1 aliphatic rings. The number of carbonyl (C=O) groups is 1. The Kier molecular flexibility index (Phi) is 5.14. The van der Waals surface area contributed by atoms with E-state index < -0.39 is 10.8 Å². The average Bonchev–Trinajstić information content (AvgIpc) is 2.46. The Bertz CT molecular complexity index is 542. The summed E-state index contributed by atoms with van der Waals surface area (Å²) in [7, 11) is 0. The van der Waals surface area contributed by atoms with Crippen molar-refractivity contribution in [2.45, 2.75) is 31.8 Å². The summed E-state index contributed by atoms with van der Waals surface area (Å²) in [5.41, 5.74) is -0.278. The second kappa shape index (κ2) is 6.87. The third-order valence-corrected chi connectivity index (χ3v) is 4.00. The van der Waals surface area contributed by atoms with Crippen LogP contribution in [0.5, 0.6) is 0 Å². The molecule has 0 spiro atoms. The first kappa shape index (κ1) is 15.7. The second-order valence-corrected chi connectivity index (χ2v) is 5.74. The van der Waals surface area contributed by atoms with Gasteiger partial charge in [-0.1, -0.05) is 11.6 Å². The SMILES string of the molecule is O=C(NCC1CCC(O)CC1)c1ccc(Cl)cc1[N+](=O)[O-]. The third kappa shape index (κ3) is 4.15. The summed E-state index contributed by atoms with van der Waals surface area (Å²) in [6.45, 7) is 0.464. The number of benzene rings is 1. The van der Waals surface area contributed by atoms with Crippen molar-refractivity contribution < 1.29 is 14.8 Å². The van der Waals surface area contributed by atoms with Gasteiger partial charge in [-0.15, -0.1) is 0 Å². The smallest absolute Gasteiger partial charge is 0.283 e. The highest BCUT2D eigenvalue weighted by atomic mass is 35.5. The van der Waals surface area contributed by atoms with Crippen LogP contribution in [0.2, 0.25) is 5.02 Å². The minimum absolute atomic E-state index is 0.0141. The van der Waals surface area contributed by atoms with E-state index in [2.05, 4.69) is 5.32 Å². The van der Waals surface area contributed by atoms with E-state index in [1.807, 2.05) is 0 Å². The Morgan fingerprint density at radius 3 is 2.67 bits per heavy atom. The average molecular weight is 313 g/mol. The van der Waals surface area contributed by atoms with Gasteiger partial charge >= 0.3 is 0 Å². The van der Waals surface area contributed by atoms with Crippen LogP contribution in [0, 0.1) is 16.0 Å². The van der Waals surface area contributed by atoms with Gasteiger partial charge in [0.25, 0.3) is 11.6 Å². The van der Waals surface area contributed by atoms with Crippen LogP contribution in [-0.4, -0.2) is 28.6 Å². The lowest BCUT2D eigenvalue weighted by atomic mass is 9.87. The summed E-state index contributed by atoms with van der Waals surface area (Å²) in [5.74, 6) is -0.159. The molecule has 2 N–H and O–H groups in total. The van der Waals surface area contributed by atoms with Crippen molar-refractivity contribution >= 4 is 23.2 Å². The number of hydrogen-bond donors (Lipinski definition) is 2. The molecule has 6 nitrogen and oxygen atoms in total. The molecule has 0 atom stereocenters. The van der Waals surface area contributed by atoms with Crippen LogP contribution in [0.1, 0.15) is 36.0 Å². The van der Waals surface area contributed by atoms with Gasteiger partial charge in [0.2, 0.25) is 0 Å². The zero-order valence-electron chi connectivity index (χ0n) is 11.4. The zero-order chi connectivity index (χ0) is 15.4. The largest absolute Gasteiger partial charge is 0.393 e. The maximum absolute atomic E-state index is 12.1. The van der Waals surface area contributed by atoms with Gasteiger partial charge in [-0.3, -0.25) is 14.9 Å². The summed E-state index contributed by atoms with van der Waals surface area (Å²) < 4.78 is 0. The fourth-order valence-electron chi connectivity index (χ4n) is 2.53. The molecule has 114 valence electrons. The number of carbonyl (C=O) groups excluding carboxylic acids is 1. The van der Waals surface area contributed by atoms with Crippen LogP contribution in [0.4, 0.5) is 5.69 Å². The molecular formula is C14H17ClN2O4. The highest BCUT2D eigenvalue weighted by Crippen LogP contribution is 2.25. The van der Waals surface area contributed by atoms with E-state index >= 15 is 0 Å². The number of nitrogens with one attached hydrogen (secondary N) is 1. The Morgan fingerprint density at radius 1 is 1.38 bits per heavy atom. The predicted octanol–water partition coefficient (Wildman–Crippen LogP) is 2.53. The molecule has 21 heavy (non-hydrogen) atoms. The number of nitro groups is 1. The first-order valence-electron chi connectivity index (χ1n) is 6.87. The van der Waals surface area contributed by atoms with Crippen LogP contribution < -0.4 is 5.32 Å². The Morgan fingerprint density at radius 2 is 2.05 bits per heavy atom. The maximum atomic E-state index is 12.1. The second-order valence-electron chi connectivity index (χ2n) is 5.30. The molecule has 0 unspecified atom stereocenters. The molecule has 1 aromatic rings. The lowest BCUT2D eigenvalue weighted by Gasteiger charge is -2.25. The van der Waals surface area contributed by atoms with Crippen LogP contribution in [0.3, 0.4) is 0 Å². The molecule has 2 rings (SSSR count). The van der Waals surface area contributed by atoms with Gasteiger partial charge in [0, 0.05) is 17.6 Å². The fraction of sp³-hybridized carbons (Fsp3) is 0.500. The van der Waals surface area contributed by atoms with Crippen molar-refractivity contribution in [2.24, 2.45) is 5.92 Å². The number of amides is 1. The van der Waals surface area contributed by atoms with Crippen LogP contribution >= 0.6 is 11.6 Å². The van der Waals surface area contributed by atoms with Gasteiger partial charge in [0.05, 0.1) is 11.0 Å². The number of nitro benzene ring substituents is 1. The van der Waals surface area contributed by atoms with Crippen LogP contribution in [0.25, 0.3) is 0 Å². The number of aliphatic hydroxyl groups is 1. The van der Waals surface area contributed by atoms with Crippen molar-refractivity contribution in [1.29, 1.82) is 0 Å². The molecule has 1 amide bonds. The van der Waals surface area contributed by atoms with E-state index in [1.165, 1.54) is 18.2 Å². The lowest BCUT2D eigenvalue weighted by molar-refractivity contribution is -0.385. The predicted molar refractivity (Wildman–Crippen MR) is 78.4 cm³/mol. The molecule has 0 aromatic heterocycles. The fourth-order valence-corrected chi connectivity index (χ4v) is 2.70. The summed E-state index contributed by atoms with van der Waals surface area (Å²) >= 11 is 5.72. The molecule has 0 heterocycles. The lowest BCUT2D eigenvalue weighted by Crippen LogP contribution is -2.32. The Labute approximate surface area is 127 Å². The van der Waals surface area contributed by atoms with Crippen molar-refractivity contribution in [1.82, 2.24) is 5.32 Å². The molecule has 0 aliphatic heterocycles. The van der Waals surface area contributed by atoms with Crippen molar-refractivity contribution in [3.63, 3.8) is 0 Å². The quantitative estimate of drug-likeness (QED) is 0.660. The molecule has 1 fully saturated rings. The Hall–Kier alpha value is -1.66. The molecule has 1 aromatic carbocycles. The van der Waals surface area contributed by atoms with E-state index in [4.69, 9.17) is 11.6 Å². The van der Waals surface area contributed by atoms with E-state index in [9.17, 15) is 20.0 Å². The molecule has 1 saturated carbocycles. The van der Waals surface area contributed by atoms with E-state index in [-0.39, 0.29) is 22.4 Å². The summed E-state index contributed by atoms with van der Waals surface area (Å²) in [6.07, 6.45) is 2.94. The number of rotatable bonds is 4. The molecule has 1 aliphatic carbocycles. The Balaban J connectivity index is 1.99. The monoisotopic (exact) mass is 312 g/mol. The topological polar surface area (TPSA) is 92.5 Å². The van der Waals surface area contributed by atoms with Gasteiger partial charge < -0.3 is 10.4 Å². The molecule has 0 bridgehead atoms. The third-order valence-electron chi connectivity index (χ3n) is 3.77. The number of aliphatic hydroxyl groups excluding tert-OH is 1. The molecule has 0 saturated heterocycles. The van der Waals surface area contributed by atoms with E-state index in [1.54, 1.807) is 0 Å². The molecular weight excluding hydrogens is 296 g/mol. The minimum atomic E-state index is -0.613. The highest BCUT2D eigenvalue weighted by Gasteiger charge is 2.23. The van der Waals surface area contributed by atoms with E-state index in [0.717, 1.165) is 25.7 Å². The van der Waals surface area contributed by atoms with Crippen LogP contribution in [-0.2, 0) is 0 Å². The summed E-state index contributed by atoms with van der Waals surface area (Å²) in [4.78, 5) is 22.4. The van der Waals surface area contributed by atoms with Crippen LogP contribution in [0.15, 0.2) is 18.2 Å². The summed E-state index contributed by atoms with van der Waals surface area (Å²) in [5, 5.41) is 23.3. The van der Waals surface area contributed by atoms with Gasteiger partial charge in [-0.25, -0.2) is 0 Å². The summed E-state index contributed by atoms with van der Waals surface area (Å²) in [6, 6.07) is 3.99. The first-order chi connectivity index (χ1) is 9.97. The van der Waals surface area contributed by atoms with Crippen molar-refractivity contribution in [2.75, 3.05) is 6.54 Å². The van der Waals surface area contributed by atoms with Gasteiger partial charge in [0.15, 0.2) is 0 Å². The maximum Gasteiger partial charge on any atom is 0.283 e. The zero-order valence-corrected chi connectivity index (χ0v) is 12.2. The standard InChI is InChI=1S/C14H17ClN2O4/c15-10-3-6-12(13(7-10)17(20)21)14(19)16-8-9-1-4-11(18)5-2-9/h3,6-7,9,11,18H,1-2,4-5,8H2,(H,16,19). The van der Waals surface area contributed by atoms with Crippen molar-refractivity contribution in [3.05, 3.63) is 38.9 Å². The van der Waals surface area contributed by atoms with Gasteiger partial charge in [-0.2, -0.15) is 0 Å². The molecule has 7 heteroatoms. The molecule has 0 radical (unpaired) electrons. The normalized spacial score (nSPS) is 21.8. The number of halogens is 1. The highest BCUT2D eigenvalue weighted by molar-refractivity contribution is 6.31. The van der Waals surface area contributed by atoms with E-state index in [0.29, 0.717) is 12.5 Å². The first-order valence-corrected chi connectivity index (χ1v) is 7.25.